The molecule has 2 rings (SSSR count). The first-order valence-corrected chi connectivity index (χ1v) is 7.70. The van der Waals surface area contributed by atoms with Gasteiger partial charge in [0.2, 0.25) is 0 Å². The maximum absolute atomic E-state index is 5.64. The SMILES string of the molecule is CCCOc1cccc(NCc2ccc(Br)c(C)c2)c1. The Balaban J connectivity index is 1.97. The molecule has 0 aliphatic carbocycles. The van der Waals surface area contributed by atoms with E-state index in [0.717, 1.165) is 35.5 Å². The summed E-state index contributed by atoms with van der Waals surface area (Å²) in [6, 6.07) is 14.5. The minimum Gasteiger partial charge on any atom is -0.494 e. The first kappa shape index (κ1) is 14.9. The third-order valence-corrected chi connectivity index (χ3v) is 3.92. The van der Waals surface area contributed by atoms with Crippen molar-refractivity contribution in [1.82, 2.24) is 0 Å². The van der Waals surface area contributed by atoms with E-state index in [4.69, 9.17) is 4.74 Å². The molecule has 0 aromatic heterocycles. The second-order valence-electron chi connectivity index (χ2n) is 4.81. The van der Waals surface area contributed by atoms with Crippen molar-refractivity contribution in [3.05, 3.63) is 58.1 Å². The first-order valence-electron chi connectivity index (χ1n) is 6.91. The maximum Gasteiger partial charge on any atom is 0.121 e. The summed E-state index contributed by atoms with van der Waals surface area (Å²) in [6.45, 7) is 5.78. The van der Waals surface area contributed by atoms with Crippen LogP contribution in [0.1, 0.15) is 24.5 Å². The molecular formula is C17H20BrNO. The van der Waals surface area contributed by atoms with E-state index in [1.165, 1.54) is 11.1 Å². The van der Waals surface area contributed by atoms with E-state index >= 15 is 0 Å². The van der Waals surface area contributed by atoms with Crippen LogP contribution in [0.3, 0.4) is 0 Å². The molecule has 0 aliphatic rings. The smallest absolute Gasteiger partial charge is 0.121 e. The fourth-order valence-corrected chi connectivity index (χ4v) is 2.18. The monoisotopic (exact) mass is 333 g/mol. The zero-order valence-electron chi connectivity index (χ0n) is 11.9. The van der Waals surface area contributed by atoms with Gasteiger partial charge in [0.1, 0.15) is 5.75 Å². The molecule has 0 fully saturated rings. The number of anilines is 1. The molecule has 3 heteroatoms. The lowest BCUT2D eigenvalue weighted by molar-refractivity contribution is 0.317. The average Bonchev–Trinajstić information content (AvgIpc) is 2.47. The Bertz CT molecular complexity index is 569. The van der Waals surface area contributed by atoms with E-state index in [-0.39, 0.29) is 0 Å². The molecule has 0 heterocycles. The van der Waals surface area contributed by atoms with Gasteiger partial charge in [-0.2, -0.15) is 0 Å². The fraction of sp³-hybridized carbons (Fsp3) is 0.294. The van der Waals surface area contributed by atoms with Gasteiger partial charge in [0.25, 0.3) is 0 Å². The number of benzene rings is 2. The number of halogens is 1. The van der Waals surface area contributed by atoms with Gasteiger partial charge in [-0.05, 0) is 42.7 Å². The molecule has 106 valence electrons. The molecule has 2 aromatic carbocycles. The highest BCUT2D eigenvalue weighted by Gasteiger charge is 1.99. The molecule has 0 bridgehead atoms. The van der Waals surface area contributed by atoms with Crippen molar-refractivity contribution in [2.24, 2.45) is 0 Å². The van der Waals surface area contributed by atoms with Crippen LogP contribution in [0, 0.1) is 6.92 Å². The predicted molar refractivity (Wildman–Crippen MR) is 88.4 cm³/mol. The Morgan fingerprint density at radius 1 is 1.15 bits per heavy atom. The molecular weight excluding hydrogens is 314 g/mol. The van der Waals surface area contributed by atoms with Gasteiger partial charge in [0, 0.05) is 22.8 Å². The predicted octanol–water partition coefficient (Wildman–Crippen LogP) is 5.16. The van der Waals surface area contributed by atoms with E-state index in [1.807, 2.05) is 18.2 Å². The van der Waals surface area contributed by atoms with Crippen LogP contribution in [0.25, 0.3) is 0 Å². The summed E-state index contributed by atoms with van der Waals surface area (Å²) < 4.78 is 6.79. The lowest BCUT2D eigenvalue weighted by Crippen LogP contribution is -2.01. The molecule has 2 aromatic rings. The maximum atomic E-state index is 5.64. The summed E-state index contributed by atoms with van der Waals surface area (Å²) in [7, 11) is 0. The van der Waals surface area contributed by atoms with E-state index in [9.17, 15) is 0 Å². The zero-order chi connectivity index (χ0) is 14.4. The summed E-state index contributed by atoms with van der Waals surface area (Å²) in [4.78, 5) is 0. The number of rotatable bonds is 6. The minimum absolute atomic E-state index is 0.759. The Kier molecular flexibility index (Phi) is 5.48. The summed E-state index contributed by atoms with van der Waals surface area (Å²) >= 11 is 3.52. The highest BCUT2D eigenvalue weighted by molar-refractivity contribution is 9.10. The Morgan fingerprint density at radius 2 is 2.00 bits per heavy atom. The lowest BCUT2D eigenvalue weighted by atomic mass is 10.1. The molecule has 2 nitrogen and oxygen atoms in total. The second-order valence-corrected chi connectivity index (χ2v) is 5.67. The van der Waals surface area contributed by atoms with Gasteiger partial charge in [0.15, 0.2) is 0 Å². The van der Waals surface area contributed by atoms with Gasteiger partial charge >= 0.3 is 0 Å². The number of hydrogen-bond acceptors (Lipinski definition) is 2. The molecule has 0 unspecified atom stereocenters. The van der Waals surface area contributed by atoms with Crippen LogP contribution in [0.5, 0.6) is 5.75 Å². The van der Waals surface area contributed by atoms with Crippen LogP contribution in [-0.4, -0.2) is 6.61 Å². The molecule has 0 amide bonds. The summed E-state index contributed by atoms with van der Waals surface area (Å²) in [5.74, 6) is 0.920. The Morgan fingerprint density at radius 3 is 2.75 bits per heavy atom. The van der Waals surface area contributed by atoms with Gasteiger partial charge in [-0.1, -0.05) is 41.1 Å². The molecule has 0 aliphatic heterocycles. The van der Waals surface area contributed by atoms with Crippen LogP contribution in [0.2, 0.25) is 0 Å². The summed E-state index contributed by atoms with van der Waals surface area (Å²) in [5.41, 5.74) is 3.61. The van der Waals surface area contributed by atoms with Crippen molar-refractivity contribution in [3.63, 3.8) is 0 Å². The van der Waals surface area contributed by atoms with Crippen LogP contribution in [0.4, 0.5) is 5.69 Å². The molecule has 0 saturated carbocycles. The van der Waals surface area contributed by atoms with Gasteiger partial charge < -0.3 is 10.1 Å². The normalized spacial score (nSPS) is 10.3. The van der Waals surface area contributed by atoms with Gasteiger partial charge in [-0.3, -0.25) is 0 Å². The highest BCUT2D eigenvalue weighted by atomic mass is 79.9. The third-order valence-electron chi connectivity index (χ3n) is 3.03. The van der Waals surface area contributed by atoms with Crippen molar-refractivity contribution >= 4 is 21.6 Å². The van der Waals surface area contributed by atoms with Gasteiger partial charge in [0.05, 0.1) is 6.61 Å². The van der Waals surface area contributed by atoms with E-state index in [0.29, 0.717) is 0 Å². The van der Waals surface area contributed by atoms with Crippen LogP contribution >= 0.6 is 15.9 Å². The summed E-state index contributed by atoms with van der Waals surface area (Å²) in [6.07, 6.45) is 1.02. The number of ether oxygens (including phenoxy) is 1. The molecule has 0 atom stereocenters. The molecule has 0 spiro atoms. The molecule has 0 saturated heterocycles. The average molecular weight is 334 g/mol. The molecule has 0 radical (unpaired) electrons. The third kappa shape index (κ3) is 4.27. The standard InChI is InChI=1S/C17H20BrNO/c1-3-9-20-16-6-4-5-15(11-16)19-12-14-7-8-17(18)13(2)10-14/h4-8,10-11,19H,3,9,12H2,1-2H3. The topological polar surface area (TPSA) is 21.3 Å². The van der Waals surface area contributed by atoms with E-state index < -0.39 is 0 Å². The molecule has 20 heavy (non-hydrogen) atoms. The first-order chi connectivity index (χ1) is 9.69. The number of hydrogen-bond donors (Lipinski definition) is 1. The Hall–Kier alpha value is -1.48. The second kappa shape index (κ2) is 7.34. The zero-order valence-corrected chi connectivity index (χ0v) is 13.5. The van der Waals surface area contributed by atoms with E-state index in [1.54, 1.807) is 0 Å². The highest BCUT2D eigenvalue weighted by Crippen LogP contribution is 2.20. The van der Waals surface area contributed by atoms with E-state index in [2.05, 4.69) is 59.4 Å². The number of aryl methyl sites for hydroxylation is 1. The minimum atomic E-state index is 0.759. The van der Waals surface area contributed by atoms with Crippen molar-refractivity contribution in [1.29, 1.82) is 0 Å². The fourth-order valence-electron chi connectivity index (χ4n) is 1.94. The van der Waals surface area contributed by atoms with Gasteiger partial charge in [-0.15, -0.1) is 0 Å². The van der Waals surface area contributed by atoms with Crippen molar-refractivity contribution in [2.75, 3.05) is 11.9 Å². The number of nitrogens with one attached hydrogen (secondary N) is 1. The quantitative estimate of drug-likeness (QED) is 0.788. The van der Waals surface area contributed by atoms with Crippen molar-refractivity contribution in [2.45, 2.75) is 26.8 Å². The Labute approximate surface area is 129 Å². The largest absolute Gasteiger partial charge is 0.494 e. The van der Waals surface area contributed by atoms with Crippen LogP contribution in [-0.2, 0) is 6.54 Å². The van der Waals surface area contributed by atoms with Crippen LogP contribution < -0.4 is 10.1 Å². The van der Waals surface area contributed by atoms with Gasteiger partial charge in [-0.25, -0.2) is 0 Å². The van der Waals surface area contributed by atoms with Crippen LogP contribution in [0.15, 0.2) is 46.9 Å². The van der Waals surface area contributed by atoms with Crippen molar-refractivity contribution in [3.8, 4) is 5.75 Å². The molecule has 1 N–H and O–H groups in total. The van der Waals surface area contributed by atoms with Crippen molar-refractivity contribution < 1.29 is 4.74 Å². The lowest BCUT2D eigenvalue weighted by Gasteiger charge is -2.10. The summed E-state index contributed by atoms with van der Waals surface area (Å²) in [5, 5.41) is 3.43.